The number of carbonyl (C=O) groups excluding carboxylic acids is 1. The van der Waals surface area contributed by atoms with Crippen LogP contribution in [-0.2, 0) is 9.53 Å². The molecule has 0 aromatic heterocycles. The van der Waals surface area contributed by atoms with Gasteiger partial charge in [-0.25, -0.2) is 0 Å². The molecule has 1 aliphatic carbocycles. The fraction of sp³-hybridized carbons (Fsp3) is 0.737. The topological polar surface area (TPSA) is 46.5 Å². The number of carbonyl (C=O) groups is 1. The van der Waals surface area contributed by atoms with Gasteiger partial charge in [0.15, 0.2) is 0 Å². The Hall–Kier alpha value is -1.09. The zero-order valence-corrected chi connectivity index (χ0v) is 14.4. The van der Waals surface area contributed by atoms with Crippen molar-refractivity contribution in [3.05, 3.63) is 23.8 Å². The fourth-order valence-electron chi connectivity index (χ4n) is 2.89. The van der Waals surface area contributed by atoms with E-state index >= 15 is 0 Å². The summed E-state index contributed by atoms with van der Waals surface area (Å²) in [4.78, 5) is 11.0. The molecule has 0 aliphatic heterocycles. The van der Waals surface area contributed by atoms with Crippen LogP contribution in [0.15, 0.2) is 23.8 Å². The molecule has 0 aromatic carbocycles. The molecular weight excluding hydrogens is 276 g/mol. The Morgan fingerprint density at radius 3 is 2.45 bits per heavy atom. The van der Waals surface area contributed by atoms with E-state index in [2.05, 4.69) is 29.9 Å². The molecule has 3 heteroatoms. The molecule has 0 bridgehead atoms. The predicted molar refractivity (Wildman–Crippen MR) is 90.6 cm³/mol. The summed E-state index contributed by atoms with van der Waals surface area (Å²) in [5.41, 5.74) is 1.30. The van der Waals surface area contributed by atoms with Crippen molar-refractivity contribution in [1.82, 2.24) is 0 Å². The standard InChI is InChI=1S/C19H32O3/c1-16(20)17-11-14-19(2,15-12-17)13-9-7-5-4-6-8-10-18(21)22-3/h11-12,14,16,20H,4-10,13,15H2,1-3H3/t16-,19+/m0/s1. The van der Waals surface area contributed by atoms with Crippen LogP contribution in [0.5, 0.6) is 0 Å². The Labute approximate surface area is 135 Å². The van der Waals surface area contributed by atoms with Gasteiger partial charge in [-0.2, -0.15) is 0 Å². The molecule has 0 radical (unpaired) electrons. The van der Waals surface area contributed by atoms with Crippen LogP contribution in [0.3, 0.4) is 0 Å². The first kappa shape index (κ1) is 19.0. The van der Waals surface area contributed by atoms with Crippen LogP contribution in [0.1, 0.15) is 71.6 Å². The molecule has 0 fully saturated rings. The highest BCUT2D eigenvalue weighted by Crippen LogP contribution is 2.35. The van der Waals surface area contributed by atoms with Gasteiger partial charge in [-0.3, -0.25) is 4.79 Å². The van der Waals surface area contributed by atoms with E-state index < -0.39 is 0 Å². The van der Waals surface area contributed by atoms with E-state index in [4.69, 9.17) is 0 Å². The smallest absolute Gasteiger partial charge is 0.305 e. The van der Waals surface area contributed by atoms with Crippen molar-refractivity contribution in [2.75, 3.05) is 7.11 Å². The van der Waals surface area contributed by atoms with Crippen molar-refractivity contribution in [2.24, 2.45) is 5.41 Å². The summed E-state index contributed by atoms with van der Waals surface area (Å²) in [6.07, 6.45) is 16.0. The molecule has 0 amide bonds. The van der Waals surface area contributed by atoms with Crippen molar-refractivity contribution < 1.29 is 14.6 Å². The first-order valence-corrected chi connectivity index (χ1v) is 8.61. The number of esters is 1. The molecule has 0 saturated heterocycles. The summed E-state index contributed by atoms with van der Waals surface area (Å²) in [5.74, 6) is -0.0957. The van der Waals surface area contributed by atoms with Gasteiger partial charge in [0.05, 0.1) is 13.2 Å². The first-order valence-electron chi connectivity index (χ1n) is 8.61. The summed E-state index contributed by atoms with van der Waals surface area (Å²) >= 11 is 0. The number of rotatable bonds is 10. The number of aliphatic hydroxyl groups excluding tert-OH is 1. The van der Waals surface area contributed by atoms with Gasteiger partial charge < -0.3 is 9.84 Å². The lowest BCUT2D eigenvalue weighted by molar-refractivity contribution is -0.140. The Morgan fingerprint density at radius 1 is 1.27 bits per heavy atom. The average Bonchev–Trinajstić information content (AvgIpc) is 2.50. The molecule has 126 valence electrons. The van der Waals surface area contributed by atoms with Gasteiger partial charge in [-0.15, -0.1) is 0 Å². The van der Waals surface area contributed by atoms with E-state index in [1.54, 1.807) is 0 Å². The normalized spacial score (nSPS) is 22.3. The Kier molecular flexibility index (Phi) is 8.47. The SMILES string of the molecule is COC(=O)CCCCCCCC[C@]1(C)C=CC([C@H](C)O)=CC1. The molecule has 0 saturated carbocycles. The van der Waals surface area contributed by atoms with E-state index in [0.29, 0.717) is 6.42 Å². The zero-order chi connectivity index (χ0) is 16.4. The van der Waals surface area contributed by atoms with E-state index in [-0.39, 0.29) is 17.5 Å². The fourth-order valence-corrected chi connectivity index (χ4v) is 2.89. The third-order valence-electron chi connectivity index (χ3n) is 4.57. The molecule has 3 nitrogen and oxygen atoms in total. The lowest BCUT2D eigenvalue weighted by Gasteiger charge is -2.28. The predicted octanol–water partition coefficient (Wildman–Crippen LogP) is 4.55. The number of allylic oxidation sites excluding steroid dienone is 2. The maximum Gasteiger partial charge on any atom is 0.305 e. The highest BCUT2D eigenvalue weighted by Gasteiger charge is 2.22. The number of hydrogen-bond donors (Lipinski definition) is 1. The summed E-state index contributed by atoms with van der Waals surface area (Å²) in [6.45, 7) is 4.12. The molecule has 22 heavy (non-hydrogen) atoms. The van der Waals surface area contributed by atoms with Crippen molar-refractivity contribution in [2.45, 2.75) is 77.7 Å². The van der Waals surface area contributed by atoms with Gasteiger partial charge in [0.25, 0.3) is 0 Å². The maximum absolute atomic E-state index is 11.0. The summed E-state index contributed by atoms with van der Waals surface area (Å²) in [6, 6.07) is 0. The molecule has 1 rings (SSSR count). The van der Waals surface area contributed by atoms with Crippen LogP contribution in [0.4, 0.5) is 0 Å². The third kappa shape index (κ3) is 7.26. The molecule has 0 heterocycles. The van der Waals surface area contributed by atoms with Crippen LogP contribution >= 0.6 is 0 Å². The highest BCUT2D eigenvalue weighted by atomic mass is 16.5. The molecule has 1 N–H and O–H groups in total. The summed E-state index contributed by atoms with van der Waals surface area (Å²) in [5, 5.41) is 9.57. The monoisotopic (exact) mass is 308 g/mol. The second kappa shape index (κ2) is 9.83. The van der Waals surface area contributed by atoms with Gasteiger partial charge in [-0.1, -0.05) is 57.3 Å². The van der Waals surface area contributed by atoms with E-state index in [9.17, 15) is 9.90 Å². The van der Waals surface area contributed by atoms with Gasteiger partial charge in [-0.05, 0) is 37.2 Å². The number of aliphatic hydroxyl groups is 1. The lowest BCUT2D eigenvalue weighted by atomic mass is 9.77. The van der Waals surface area contributed by atoms with Gasteiger partial charge >= 0.3 is 5.97 Å². The number of ether oxygens (including phenoxy) is 1. The van der Waals surface area contributed by atoms with Crippen molar-refractivity contribution in [3.63, 3.8) is 0 Å². The number of unbranched alkanes of at least 4 members (excludes halogenated alkanes) is 5. The molecule has 2 atom stereocenters. The first-order chi connectivity index (χ1) is 10.5. The van der Waals surface area contributed by atoms with Crippen LogP contribution in [0.2, 0.25) is 0 Å². The van der Waals surface area contributed by atoms with Crippen molar-refractivity contribution >= 4 is 5.97 Å². The van der Waals surface area contributed by atoms with Gasteiger partial charge in [0, 0.05) is 6.42 Å². The van der Waals surface area contributed by atoms with Gasteiger partial charge in [0.1, 0.15) is 0 Å². The molecule has 1 aliphatic rings. The number of hydrogen-bond acceptors (Lipinski definition) is 3. The largest absolute Gasteiger partial charge is 0.469 e. The third-order valence-corrected chi connectivity index (χ3v) is 4.57. The minimum absolute atomic E-state index is 0.0957. The van der Waals surface area contributed by atoms with Crippen molar-refractivity contribution in [3.8, 4) is 0 Å². The molecule has 0 aromatic rings. The van der Waals surface area contributed by atoms with E-state index in [0.717, 1.165) is 24.8 Å². The maximum atomic E-state index is 11.0. The zero-order valence-electron chi connectivity index (χ0n) is 14.4. The van der Waals surface area contributed by atoms with Crippen LogP contribution in [-0.4, -0.2) is 24.3 Å². The minimum atomic E-state index is -0.356. The van der Waals surface area contributed by atoms with Crippen LogP contribution in [0, 0.1) is 5.41 Å². The van der Waals surface area contributed by atoms with Crippen LogP contribution < -0.4 is 0 Å². The van der Waals surface area contributed by atoms with Crippen LogP contribution in [0.25, 0.3) is 0 Å². The Balaban J connectivity index is 2.06. The molecule has 0 spiro atoms. The van der Waals surface area contributed by atoms with E-state index in [1.165, 1.54) is 39.2 Å². The van der Waals surface area contributed by atoms with Crippen molar-refractivity contribution in [1.29, 1.82) is 0 Å². The highest BCUT2D eigenvalue weighted by molar-refractivity contribution is 5.68. The lowest BCUT2D eigenvalue weighted by Crippen LogP contribution is -2.17. The molecule has 0 unspecified atom stereocenters. The second-order valence-electron chi connectivity index (χ2n) is 6.77. The Bertz CT molecular complexity index is 395. The average molecular weight is 308 g/mol. The summed E-state index contributed by atoms with van der Waals surface area (Å²) < 4.78 is 4.63. The van der Waals surface area contributed by atoms with E-state index in [1.807, 2.05) is 6.92 Å². The molecular formula is C19H32O3. The Morgan fingerprint density at radius 2 is 1.91 bits per heavy atom. The summed E-state index contributed by atoms with van der Waals surface area (Å²) in [7, 11) is 1.45. The number of methoxy groups -OCH3 is 1. The quantitative estimate of drug-likeness (QED) is 0.475. The van der Waals surface area contributed by atoms with Gasteiger partial charge in [0.2, 0.25) is 0 Å². The minimum Gasteiger partial charge on any atom is -0.469 e. The second-order valence-corrected chi connectivity index (χ2v) is 6.77.